The number of halogens is 1. The van der Waals surface area contributed by atoms with Crippen LogP contribution in [0.4, 0.5) is 9.18 Å². The van der Waals surface area contributed by atoms with Gasteiger partial charge in [0.2, 0.25) is 0 Å². The zero-order valence-electron chi connectivity index (χ0n) is 14.4. The zero-order valence-corrected chi connectivity index (χ0v) is 14.4. The molecule has 0 radical (unpaired) electrons. The van der Waals surface area contributed by atoms with Crippen LogP contribution >= 0.6 is 0 Å². The van der Waals surface area contributed by atoms with E-state index < -0.39 is 0 Å². The van der Waals surface area contributed by atoms with E-state index in [2.05, 4.69) is 15.3 Å². The molecule has 0 spiro atoms. The number of nitrogens with one attached hydrogen (secondary N) is 1. The molecule has 1 aliphatic rings. The molecule has 1 fully saturated rings. The summed E-state index contributed by atoms with van der Waals surface area (Å²) in [6.45, 7) is 0.588. The lowest BCUT2D eigenvalue weighted by Gasteiger charge is -2.21. The first-order valence-electron chi connectivity index (χ1n) is 8.64. The highest BCUT2D eigenvalue weighted by atomic mass is 19.1. The smallest absolute Gasteiger partial charge is 0.317 e. The number of rotatable bonds is 5. The Kier molecular flexibility index (Phi) is 5.58. The van der Waals surface area contributed by atoms with Gasteiger partial charge in [0, 0.05) is 44.6 Å². The maximum Gasteiger partial charge on any atom is 0.317 e. The monoisotopic (exact) mass is 342 g/mol. The van der Waals surface area contributed by atoms with E-state index in [0.29, 0.717) is 18.9 Å². The topological polar surface area (TPSA) is 58.1 Å². The molecule has 2 atom stereocenters. The molecule has 1 aliphatic carbocycles. The van der Waals surface area contributed by atoms with Crippen LogP contribution in [0, 0.1) is 5.82 Å². The molecule has 2 unspecified atom stereocenters. The van der Waals surface area contributed by atoms with Gasteiger partial charge in [-0.3, -0.25) is 9.97 Å². The van der Waals surface area contributed by atoms with Crippen LogP contribution in [0.15, 0.2) is 42.9 Å². The van der Waals surface area contributed by atoms with Crippen molar-refractivity contribution in [2.45, 2.75) is 37.6 Å². The second-order valence-corrected chi connectivity index (χ2v) is 6.58. The molecule has 5 nitrogen and oxygen atoms in total. The molecule has 0 saturated heterocycles. The van der Waals surface area contributed by atoms with Gasteiger partial charge in [-0.05, 0) is 42.9 Å². The van der Waals surface area contributed by atoms with Crippen molar-refractivity contribution >= 4 is 6.03 Å². The fourth-order valence-corrected chi connectivity index (χ4v) is 3.30. The molecular formula is C19H23FN4O. The van der Waals surface area contributed by atoms with E-state index in [-0.39, 0.29) is 17.9 Å². The third-order valence-electron chi connectivity index (χ3n) is 4.75. The Morgan fingerprint density at radius 2 is 2.24 bits per heavy atom. The van der Waals surface area contributed by atoms with Crippen molar-refractivity contribution in [1.82, 2.24) is 20.2 Å². The number of carbonyl (C=O) groups excluding carboxylic acids is 1. The Bertz CT molecular complexity index is 710. The van der Waals surface area contributed by atoms with Gasteiger partial charge in [0.05, 0.1) is 5.69 Å². The molecule has 3 rings (SSSR count). The lowest BCUT2D eigenvalue weighted by Crippen LogP contribution is -2.42. The lowest BCUT2D eigenvalue weighted by atomic mass is 9.97. The molecule has 0 aliphatic heterocycles. The minimum atomic E-state index is -0.200. The summed E-state index contributed by atoms with van der Waals surface area (Å²) in [6.07, 6.45) is 8.42. The van der Waals surface area contributed by atoms with Crippen molar-refractivity contribution in [2.24, 2.45) is 0 Å². The summed E-state index contributed by atoms with van der Waals surface area (Å²) in [5.74, 6) is 0.111. The largest absolute Gasteiger partial charge is 0.335 e. The summed E-state index contributed by atoms with van der Waals surface area (Å²) >= 11 is 0. The number of benzene rings is 1. The fourth-order valence-electron chi connectivity index (χ4n) is 3.30. The van der Waals surface area contributed by atoms with E-state index in [1.54, 1.807) is 42.7 Å². The molecular weight excluding hydrogens is 319 g/mol. The molecule has 1 N–H and O–H groups in total. The first kappa shape index (κ1) is 17.3. The maximum atomic E-state index is 13.4. The van der Waals surface area contributed by atoms with Crippen molar-refractivity contribution in [3.63, 3.8) is 0 Å². The predicted octanol–water partition coefficient (Wildman–Crippen LogP) is 3.14. The molecule has 25 heavy (non-hydrogen) atoms. The second-order valence-electron chi connectivity index (χ2n) is 6.58. The number of nitrogens with zero attached hydrogens (tertiary/aromatic N) is 3. The Hall–Kier alpha value is -2.50. The van der Waals surface area contributed by atoms with E-state index in [4.69, 9.17) is 0 Å². The Balaban J connectivity index is 1.46. The third kappa shape index (κ3) is 4.75. The van der Waals surface area contributed by atoms with Crippen molar-refractivity contribution in [1.29, 1.82) is 0 Å². The summed E-state index contributed by atoms with van der Waals surface area (Å²) in [4.78, 5) is 22.2. The van der Waals surface area contributed by atoms with Gasteiger partial charge in [0.25, 0.3) is 0 Å². The van der Waals surface area contributed by atoms with Crippen LogP contribution in [0.1, 0.15) is 36.4 Å². The van der Waals surface area contributed by atoms with Crippen molar-refractivity contribution in [3.05, 3.63) is 59.9 Å². The van der Waals surface area contributed by atoms with Crippen LogP contribution in [-0.4, -0.2) is 40.5 Å². The highest BCUT2D eigenvalue weighted by Crippen LogP contribution is 2.34. The summed E-state index contributed by atoms with van der Waals surface area (Å²) in [5, 5.41) is 3.09. The van der Waals surface area contributed by atoms with E-state index in [1.165, 1.54) is 6.07 Å². The quantitative estimate of drug-likeness (QED) is 0.908. The zero-order chi connectivity index (χ0) is 17.6. The van der Waals surface area contributed by atoms with Gasteiger partial charge in [0.1, 0.15) is 5.82 Å². The number of aromatic nitrogens is 2. The average Bonchev–Trinajstić information content (AvgIpc) is 3.09. The molecule has 2 aromatic rings. The molecule has 1 heterocycles. The summed E-state index contributed by atoms with van der Waals surface area (Å²) in [5.41, 5.74) is 1.89. The van der Waals surface area contributed by atoms with E-state index in [0.717, 1.165) is 30.5 Å². The second kappa shape index (κ2) is 8.05. The fraction of sp³-hybridized carbons (Fsp3) is 0.421. The minimum Gasteiger partial charge on any atom is -0.335 e. The van der Waals surface area contributed by atoms with Crippen molar-refractivity contribution in [3.8, 4) is 0 Å². The SMILES string of the molecule is CN(CCc1cnccn1)C(=O)NC1CCC(c2cccc(F)c2)C1. The molecule has 1 aromatic carbocycles. The summed E-state index contributed by atoms with van der Waals surface area (Å²) in [7, 11) is 1.78. The van der Waals surface area contributed by atoms with Gasteiger partial charge < -0.3 is 10.2 Å². The van der Waals surface area contributed by atoms with Gasteiger partial charge in [-0.15, -0.1) is 0 Å². The van der Waals surface area contributed by atoms with Gasteiger partial charge >= 0.3 is 6.03 Å². The van der Waals surface area contributed by atoms with Gasteiger partial charge in [-0.1, -0.05) is 12.1 Å². The summed E-state index contributed by atoms with van der Waals surface area (Å²) in [6, 6.07) is 6.83. The number of likely N-dealkylation sites (N-methyl/N-ethyl adjacent to an activating group) is 1. The first-order chi connectivity index (χ1) is 12.1. The van der Waals surface area contributed by atoms with Crippen molar-refractivity contribution in [2.75, 3.05) is 13.6 Å². The normalized spacial score (nSPS) is 19.6. The number of urea groups is 1. The highest BCUT2D eigenvalue weighted by Gasteiger charge is 2.27. The Morgan fingerprint density at radius 3 is 3.00 bits per heavy atom. The Labute approximate surface area is 147 Å². The van der Waals surface area contributed by atoms with Gasteiger partial charge in [-0.2, -0.15) is 0 Å². The molecule has 132 valence electrons. The maximum absolute atomic E-state index is 13.4. The average molecular weight is 342 g/mol. The predicted molar refractivity (Wildman–Crippen MR) is 93.7 cm³/mol. The number of hydrogen-bond acceptors (Lipinski definition) is 3. The molecule has 1 saturated carbocycles. The number of amides is 2. The van der Waals surface area contributed by atoms with Crippen LogP contribution in [-0.2, 0) is 6.42 Å². The van der Waals surface area contributed by atoms with Crippen LogP contribution in [0.2, 0.25) is 0 Å². The summed E-state index contributed by atoms with van der Waals surface area (Å²) < 4.78 is 13.4. The minimum absolute atomic E-state index is 0.0752. The van der Waals surface area contributed by atoms with E-state index >= 15 is 0 Å². The lowest BCUT2D eigenvalue weighted by molar-refractivity contribution is 0.205. The molecule has 6 heteroatoms. The number of hydrogen-bond donors (Lipinski definition) is 1. The van der Waals surface area contributed by atoms with Crippen LogP contribution < -0.4 is 5.32 Å². The highest BCUT2D eigenvalue weighted by molar-refractivity contribution is 5.74. The van der Waals surface area contributed by atoms with Gasteiger partial charge in [0.15, 0.2) is 0 Å². The van der Waals surface area contributed by atoms with E-state index in [1.807, 2.05) is 6.07 Å². The van der Waals surface area contributed by atoms with Crippen LogP contribution in [0.5, 0.6) is 0 Å². The Morgan fingerprint density at radius 1 is 1.36 bits per heavy atom. The third-order valence-corrected chi connectivity index (χ3v) is 4.75. The van der Waals surface area contributed by atoms with Crippen LogP contribution in [0.3, 0.4) is 0 Å². The van der Waals surface area contributed by atoms with Gasteiger partial charge in [-0.25, -0.2) is 9.18 Å². The number of carbonyl (C=O) groups is 1. The van der Waals surface area contributed by atoms with Crippen LogP contribution in [0.25, 0.3) is 0 Å². The van der Waals surface area contributed by atoms with Crippen molar-refractivity contribution < 1.29 is 9.18 Å². The first-order valence-corrected chi connectivity index (χ1v) is 8.64. The van der Waals surface area contributed by atoms with E-state index in [9.17, 15) is 9.18 Å². The standard InChI is InChI=1S/C19H23FN4O/c1-24(10-7-18-13-21-8-9-22-18)19(25)23-17-6-5-15(12-17)14-3-2-4-16(20)11-14/h2-4,8-9,11,13,15,17H,5-7,10,12H2,1H3,(H,23,25). The molecule has 2 amide bonds. The molecule has 1 aromatic heterocycles. The molecule has 0 bridgehead atoms.